The number of alkyl halides is 2. The van der Waals surface area contributed by atoms with Gasteiger partial charge in [-0.15, -0.1) is 23.2 Å². The minimum atomic E-state index is -4.61. The van der Waals surface area contributed by atoms with Crippen LogP contribution in [0.1, 0.15) is 116 Å². The first-order chi connectivity index (χ1) is 15.7. The van der Waals surface area contributed by atoms with Crippen LogP contribution in [-0.4, -0.2) is 45.7 Å². The minimum absolute atomic E-state index is 0. The topological polar surface area (TPSA) is 147 Å². The van der Waals surface area contributed by atoms with Crippen molar-refractivity contribution in [2.75, 3.05) is 19.8 Å². The lowest BCUT2D eigenvalue weighted by atomic mass is 9.73. The number of halogens is 2. The molecule has 34 heavy (non-hydrogen) atoms. The largest absolute Gasteiger partial charge is 0.756 e. The fraction of sp³-hybridized carbons (Fsp3) is 1.00. The Balaban J connectivity index is 0. The predicted molar refractivity (Wildman–Crippen MR) is 142 cm³/mol. The summed E-state index contributed by atoms with van der Waals surface area (Å²) in [5.74, 6) is 0. The number of rotatable bonds is 24. The number of phosphoric ester groups is 1. The summed E-state index contributed by atoms with van der Waals surface area (Å²) >= 11 is 13.1. The van der Waals surface area contributed by atoms with Crippen molar-refractivity contribution in [1.82, 2.24) is 6.15 Å². The van der Waals surface area contributed by atoms with Crippen molar-refractivity contribution < 1.29 is 29.1 Å². The van der Waals surface area contributed by atoms with Gasteiger partial charge in [-0.3, -0.25) is 4.57 Å². The maximum atomic E-state index is 10.6. The highest BCUT2D eigenvalue weighted by atomic mass is 35.5. The van der Waals surface area contributed by atoms with Crippen LogP contribution in [-0.2, 0) is 9.09 Å². The standard InChI is InChI=1S/C24H49Cl2O6P.H3N/c1-2-3-4-6-9-13-22(25)23(26)14-12-16-24(17-19-27,18-20-28)15-10-7-5-8-11-21-32-33(29,30)31;/h22-23,27-28H,2-21H2,1H3,(H2,29,30,31);1H3. The zero-order valence-electron chi connectivity index (χ0n) is 21.6. The van der Waals surface area contributed by atoms with E-state index in [9.17, 15) is 19.7 Å². The second-order valence-corrected chi connectivity index (χ2v) is 11.7. The molecule has 0 aliphatic heterocycles. The summed E-state index contributed by atoms with van der Waals surface area (Å²) in [5, 5.41) is 19.2. The molecule has 0 heterocycles. The SMILES string of the molecule is CCCCCCCC(Cl)C(Cl)CCCC(CCO)(CCO)CCCCCCCOP(=O)([O-])O.[NH4+]. The molecule has 0 aromatic rings. The van der Waals surface area contributed by atoms with Crippen molar-refractivity contribution in [1.29, 1.82) is 0 Å². The van der Waals surface area contributed by atoms with Gasteiger partial charge in [0, 0.05) is 24.0 Å². The zero-order valence-corrected chi connectivity index (χ0v) is 24.0. The van der Waals surface area contributed by atoms with Gasteiger partial charge < -0.3 is 30.7 Å². The number of hydrogen-bond donors (Lipinski definition) is 4. The summed E-state index contributed by atoms with van der Waals surface area (Å²) in [6, 6.07) is 0. The van der Waals surface area contributed by atoms with Crippen LogP contribution < -0.4 is 11.0 Å². The molecular formula is C24H52Cl2NO6P. The highest BCUT2D eigenvalue weighted by molar-refractivity contribution is 7.44. The van der Waals surface area contributed by atoms with Crippen LogP contribution in [0.3, 0.4) is 0 Å². The molecule has 0 amide bonds. The normalized spacial score (nSPS) is 15.5. The van der Waals surface area contributed by atoms with Crippen molar-refractivity contribution in [3.8, 4) is 0 Å². The van der Waals surface area contributed by atoms with E-state index in [1.165, 1.54) is 25.7 Å². The number of quaternary nitrogens is 1. The Morgan fingerprint density at radius 1 is 0.794 bits per heavy atom. The average molecular weight is 553 g/mol. The van der Waals surface area contributed by atoms with Crippen LogP contribution in [0.4, 0.5) is 0 Å². The van der Waals surface area contributed by atoms with E-state index >= 15 is 0 Å². The van der Waals surface area contributed by atoms with Crippen molar-refractivity contribution in [3.63, 3.8) is 0 Å². The van der Waals surface area contributed by atoms with E-state index in [1.807, 2.05) is 0 Å². The van der Waals surface area contributed by atoms with Gasteiger partial charge in [-0.25, -0.2) is 0 Å². The summed E-state index contributed by atoms with van der Waals surface area (Å²) in [6.07, 6.45) is 16.4. The first-order valence-electron chi connectivity index (χ1n) is 12.9. The van der Waals surface area contributed by atoms with E-state index < -0.39 is 7.82 Å². The molecule has 10 heteroatoms. The predicted octanol–water partition coefficient (Wildman–Crippen LogP) is 6.68. The Morgan fingerprint density at radius 3 is 1.82 bits per heavy atom. The van der Waals surface area contributed by atoms with E-state index in [0.29, 0.717) is 19.3 Å². The highest BCUT2D eigenvalue weighted by Crippen LogP contribution is 2.39. The molecule has 7 nitrogen and oxygen atoms in total. The number of unbranched alkanes of at least 4 members (excludes halogenated alkanes) is 8. The number of aliphatic hydroxyl groups is 2. The molecule has 7 N–H and O–H groups in total. The third kappa shape index (κ3) is 20.7. The van der Waals surface area contributed by atoms with Gasteiger partial charge >= 0.3 is 0 Å². The van der Waals surface area contributed by atoms with Crippen molar-refractivity contribution in [2.24, 2.45) is 5.41 Å². The van der Waals surface area contributed by atoms with Gasteiger partial charge in [0.25, 0.3) is 7.82 Å². The fourth-order valence-electron chi connectivity index (χ4n) is 4.51. The van der Waals surface area contributed by atoms with Crippen molar-refractivity contribution >= 4 is 31.0 Å². The van der Waals surface area contributed by atoms with Gasteiger partial charge in [-0.05, 0) is 50.4 Å². The highest BCUT2D eigenvalue weighted by Gasteiger charge is 2.29. The third-order valence-corrected chi connectivity index (χ3v) is 8.24. The molecule has 0 aromatic carbocycles. The van der Waals surface area contributed by atoms with E-state index in [4.69, 9.17) is 28.1 Å². The van der Waals surface area contributed by atoms with Crippen molar-refractivity contribution in [2.45, 2.75) is 127 Å². The Hall–Kier alpha value is 0.570. The molecule has 0 aliphatic rings. The molecule has 208 valence electrons. The summed E-state index contributed by atoms with van der Waals surface area (Å²) in [7, 11) is -4.61. The van der Waals surface area contributed by atoms with Gasteiger partial charge in [0.1, 0.15) is 0 Å². The van der Waals surface area contributed by atoms with E-state index in [-0.39, 0.29) is 42.1 Å². The molecule has 0 radical (unpaired) electrons. The van der Waals surface area contributed by atoms with E-state index in [2.05, 4.69) is 11.4 Å². The molecule has 0 aliphatic carbocycles. The second kappa shape index (κ2) is 22.7. The molecule has 3 unspecified atom stereocenters. The number of phosphoric acid groups is 1. The van der Waals surface area contributed by atoms with E-state index in [0.717, 1.165) is 64.2 Å². The quantitative estimate of drug-likeness (QED) is 0.0597. The Kier molecular flexibility index (Phi) is 24.6. The van der Waals surface area contributed by atoms with Crippen LogP contribution >= 0.6 is 31.0 Å². The number of hydrogen-bond acceptors (Lipinski definition) is 5. The Morgan fingerprint density at radius 2 is 1.26 bits per heavy atom. The average Bonchev–Trinajstić information content (AvgIpc) is 2.74. The van der Waals surface area contributed by atoms with E-state index in [1.54, 1.807) is 0 Å². The number of aliphatic hydroxyl groups excluding tert-OH is 2. The van der Waals surface area contributed by atoms with Gasteiger partial charge in [0.05, 0.1) is 6.61 Å². The van der Waals surface area contributed by atoms with Gasteiger partial charge in [-0.2, -0.15) is 0 Å². The third-order valence-electron chi connectivity index (χ3n) is 6.55. The van der Waals surface area contributed by atoms with Crippen LogP contribution in [0, 0.1) is 5.41 Å². The maximum Gasteiger partial charge on any atom is 0.265 e. The lowest BCUT2D eigenvalue weighted by Gasteiger charge is -2.34. The van der Waals surface area contributed by atoms with Crippen LogP contribution in [0.15, 0.2) is 0 Å². The molecule has 0 rings (SSSR count). The molecule has 0 bridgehead atoms. The molecule has 0 fully saturated rings. The van der Waals surface area contributed by atoms with Crippen LogP contribution in [0.5, 0.6) is 0 Å². The lowest BCUT2D eigenvalue weighted by Crippen LogP contribution is -2.25. The summed E-state index contributed by atoms with van der Waals surface area (Å²) < 4.78 is 14.9. The monoisotopic (exact) mass is 551 g/mol. The van der Waals surface area contributed by atoms with Gasteiger partial charge in [-0.1, -0.05) is 71.1 Å². The molecule has 0 saturated carbocycles. The molecule has 3 atom stereocenters. The maximum absolute atomic E-state index is 10.6. The first kappa shape index (κ1) is 36.7. The Bertz CT molecular complexity index is 492. The molecule has 0 saturated heterocycles. The minimum Gasteiger partial charge on any atom is -0.756 e. The summed E-state index contributed by atoms with van der Waals surface area (Å²) in [4.78, 5) is 19.1. The summed E-state index contributed by atoms with van der Waals surface area (Å²) in [6.45, 7) is 2.43. The van der Waals surface area contributed by atoms with Gasteiger partial charge in [0.2, 0.25) is 0 Å². The first-order valence-corrected chi connectivity index (χ1v) is 15.2. The second-order valence-electron chi connectivity index (χ2n) is 9.39. The molecular weight excluding hydrogens is 500 g/mol. The van der Waals surface area contributed by atoms with Crippen LogP contribution in [0.25, 0.3) is 0 Å². The zero-order chi connectivity index (χ0) is 25.0. The molecule has 0 spiro atoms. The smallest absolute Gasteiger partial charge is 0.265 e. The van der Waals surface area contributed by atoms with Crippen molar-refractivity contribution in [3.05, 3.63) is 0 Å². The molecule has 0 aromatic heterocycles. The summed E-state index contributed by atoms with van der Waals surface area (Å²) in [5.41, 5.74) is -0.0860. The Labute approximate surface area is 218 Å². The van der Waals surface area contributed by atoms with Gasteiger partial charge in [0.15, 0.2) is 0 Å². The van der Waals surface area contributed by atoms with Crippen LogP contribution in [0.2, 0.25) is 0 Å². The fourth-order valence-corrected chi connectivity index (χ4v) is 5.43. The lowest BCUT2D eigenvalue weighted by molar-refractivity contribution is -0.219.